The van der Waals surface area contributed by atoms with Crippen LogP contribution in [0.5, 0.6) is 0 Å². The zero-order valence-electron chi connectivity index (χ0n) is 14.0. The molecular weight excluding hydrogens is 288 g/mol. The van der Waals surface area contributed by atoms with Gasteiger partial charge in [-0.2, -0.15) is 0 Å². The zero-order chi connectivity index (χ0) is 16.1. The molecule has 1 heterocycles. The Morgan fingerprint density at radius 2 is 2.00 bits per heavy atom. The van der Waals surface area contributed by atoms with Crippen molar-refractivity contribution >= 4 is 6.09 Å². The highest BCUT2D eigenvalue weighted by Gasteiger charge is 2.34. The molecule has 1 amide bonds. The van der Waals surface area contributed by atoms with Crippen LogP contribution < -0.4 is 5.32 Å². The number of benzene rings is 1. The number of ether oxygens (including phenoxy) is 1. The third kappa shape index (κ3) is 4.96. The quantitative estimate of drug-likeness (QED) is 0.874. The van der Waals surface area contributed by atoms with E-state index in [2.05, 4.69) is 29.6 Å². The van der Waals surface area contributed by atoms with Gasteiger partial charge in [-0.25, -0.2) is 4.79 Å². The highest BCUT2D eigenvalue weighted by atomic mass is 16.6. The minimum atomic E-state index is -0.153. The molecule has 3 rings (SSSR count). The fraction of sp³-hybridized carbons (Fsp3) is 0.632. The van der Waals surface area contributed by atoms with Gasteiger partial charge in [-0.15, -0.1) is 0 Å². The average Bonchev–Trinajstić information content (AvgIpc) is 3.38. The van der Waals surface area contributed by atoms with Crippen molar-refractivity contribution in [2.75, 3.05) is 19.7 Å². The van der Waals surface area contributed by atoms with Crippen LogP contribution in [0.4, 0.5) is 4.79 Å². The molecule has 1 saturated heterocycles. The lowest BCUT2D eigenvalue weighted by Gasteiger charge is -2.37. The summed E-state index contributed by atoms with van der Waals surface area (Å²) in [5.74, 6) is 1.51. The second kappa shape index (κ2) is 7.82. The summed E-state index contributed by atoms with van der Waals surface area (Å²) in [5.41, 5.74) is 1.29. The number of likely N-dealkylation sites (tertiary alicyclic amines) is 1. The summed E-state index contributed by atoms with van der Waals surface area (Å²) < 4.78 is 5.22. The van der Waals surface area contributed by atoms with E-state index < -0.39 is 0 Å². The SMILES string of the molecule is CCOC(=O)N1CC(CC2CC2)CC(NCc2ccccc2)C1. The monoisotopic (exact) mass is 316 g/mol. The van der Waals surface area contributed by atoms with Gasteiger partial charge in [-0.3, -0.25) is 0 Å². The van der Waals surface area contributed by atoms with Gasteiger partial charge in [0.2, 0.25) is 0 Å². The first kappa shape index (κ1) is 16.3. The van der Waals surface area contributed by atoms with E-state index in [0.29, 0.717) is 18.6 Å². The van der Waals surface area contributed by atoms with E-state index in [-0.39, 0.29) is 6.09 Å². The predicted octanol–water partition coefficient (Wildman–Crippen LogP) is 3.42. The fourth-order valence-corrected chi connectivity index (χ4v) is 3.57. The molecule has 2 aliphatic rings. The van der Waals surface area contributed by atoms with Crippen LogP contribution in [0.1, 0.15) is 38.2 Å². The van der Waals surface area contributed by atoms with E-state index in [1.165, 1.54) is 31.2 Å². The third-order valence-electron chi connectivity index (χ3n) is 4.86. The van der Waals surface area contributed by atoms with Gasteiger partial charge in [-0.1, -0.05) is 43.2 Å². The van der Waals surface area contributed by atoms with Crippen molar-refractivity contribution in [2.24, 2.45) is 11.8 Å². The molecular formula is C19H28N2O2. The maximum atomic E-state index is 12.1. The maximum absolute atomic E-state index is 12.1. The molecule has 0 aromatic heterocycles. The summed E-state index contributed by atoms with van der Waals surface area (Å²) in [4.78, 5) is 14.0. The molecule has 0 spiro atoms. The molecule has 0 radical (unpaired) electrons. The zero-order valence-corrected chi connectivity index (χ0v) is 14.0. The van der Waals surface area contributed by atoms with Gasteiger partial charge in [0.25, 0.3) is 0 Å². The number of piperidine rings is 1. The number of hydrogen-bond donors (Lipinski definition) is 1. The smallest absolute Gasteiger partial charge is 0.409 e. The Bertz CT molecular complexity index is 501. The Kier molecular flexibility index (Phi) is 5.55. The first-order valence-electron chi connectivity index (χ1n) is 8.93. The number of nitrogens with zero attached hydrogens (tertiary/aromatic N) is 1. The van der Waals surface area contributed by atoms with Crippen LogP contribution in [0.25, 0.3) is 0 Å². The Morgan fingerprint density at radius 1 is 1.22 bits per heavy atom. The van der Waals surface area contributed by atoms with Gasteiger partial charge < -0.3 is 15.0 Å². The van der Waals surface area contributed by atoms with Gasteiger partial charge in [-0.05, 0) is 37.2 Å². The molecule has 1 aliphatic heterocycles. The molecule has 23 heavy (non-hydrogen) atoms. The molecule has 2 atom stereocenters. The number of amides is 1. The predicted molar refractivity (Wildman–Crippen MR) is 91.1 cm³/mol. The summed E-state index contributed by atoms with van der Waals surface area (Å²) in [5, 5.41) is 3.64. The van der Waals surface area contributed by atoms with E-state index >= 15 is 0 Å². The topological polar surface area (TPSA) is 41.6 Å². The molecule has 1 saturated carbocycles. The maximum Gasteiger partial charge on any atom is 0.409 e. The molecule has 4 nitrogen and oxygen atoms in total. The van der Waals surface area contributed by atoms with Gasteiger partial charge in [0, 0.05) is 25.7 Å². The van der Waals surface area contributed by atoms with Crippen LogP contribution in [-0.2, 0) is 11.3 Å². The molecule has 2 unspecified atom stereocenters. The first-order chi connectivity index (χ1) is 11.2. The number of hydrogen-bond acceptors (Lipinski definition) is 3. The van der Waals surface area contributed by atoms with Crippen LogP contribution in [-0.4, -0.2) is 36.7 Å². The molecule has 126 valence electrons. The molecule has 1 aliphatic carbocycles. The minimum Gasteiger partial charge on any atom is -0.450 e. The lowest BCUT2D eigenvalue weighted by Crippen LogP contribution is -2.51. The van der Waals surface area contributed by atoms with Crippen molar-refractivity contribution in [3.63, 3.8) is 0 Å². The second-order valence-corrected chi connectivity index (χ2v) is 6.95. The lowest BCUT2D eigenvalue weighted by molar-refractivity contribution is 0.0761. The minimum absolute atomic E-state index is 0.153. The van der Waals surface area contributed by atoms with Crippen LogP contribution >= 0.6 is 0 Å². The highest BCUT2D eigenvalue weighted by molar-refractivity contribution is 5.67. The molecule has 1 aromatic rings. The Labute approximate surface area is 139 Å². The van der Waals surface area contributed by atoms with E-state index in [4.69, 9.17) is 4.74 Å². The first-order valence-corrected chi connectivity index (χ1v) is 8.93. The van der Waals surface area contributed by atoms with Gasteiger partial charge in [0.1, 0.15) is 0 Å². The number of carbonyl (C=O) groups is 1. The molecule has 4 heteroatoms. The van der Waals surface area contributed by atoms with Crippen LogP contribution in [0.2, 0.25) is 0 Å². The fourth-order valence-electron chi connectivity index (χ4n) is 3.57. The van der Waals surface area contributed by atoms with Crippen molar-refractivity contribution in [1.82, 2.24) is 10.2 Å². The van der Waals surface area contributed by atoms with Crippen LogP contribution in [0.15, 0.2) is 30.3 Å². The highest BCUT2D eigenvalue weighted by Crippen LogP contribution is 2.37. The largest absolute Gasteiger partial charge is 0.450 e. The third-order valence-corrected chi connectivity index (χ3v) is 4.86. The summed E-state index contributed by atoms with van der Waals surface area (Å²) in [7, 11) is 0. The van der Waals surface area contributed by atoms with E-state index in [9.17, 15) is 4.79 Å². The van der Waals surface area contributed by atoms with Crippen molar-refractivity contribution in [1.29, 1.82) is 0 Å². The Morgan fingerprint density at radius 3 is 2.70 bits per heavy atom. The Hall–Kier alpha value is -1.55. The number of nitrogens with one attached hydrogen (secondary N) is 1. The van der Waals surface area contributed by atoms with Gasteiger partial charge in [0.15, 0.2) is 0 Å². The van der Waals surface area contributed by atoms with E-state index in [1.807, 2.05) is 17.9 Å². The Balaban J connectivity index is 1.57. The van der Waals surface area contributed by atoms with Crippen LogP contribution in [0, 0.1) is 11.8 Å². The lowest BCUT2D eigenvalue weighted by atomic mass is 9.90. The van der Waals surface area contributed by atoms with Crippen molar-refractivity contribution < 1.29 is 9.53 Å². The number of rotatable bonds is 6. The van der Waals surface area contributed by atoms with Gasteiger partial charge in [0.05, 0.1) is 6.61 Å². The normalized spacial score (nSPS) is 24.5. The summed E-state index contributed by atoms with van der Waals surface area (Å²) >= 11 is 0. The van der Waals surface area contributed by atoms with Crippen LogP contribution in [0.3, 0.4) is 0 Å². The van der Waals surface area contributed by atoms with E-state index in [0.717, 1.165) is 25.6 Å². The van der Waals surface area contributed by atoms with Crippen molar-refractivity contribution in [3.05, 3.63) is 35.9 Å². The van der Waals surface area contributed by atoms with Crippen molar-refractivity contribution in [2.45, 2.75) is 45.2 Å². The summed E-state index contributed by atoms with van der Waals surface area (Å²) in [6, 6.07) is 10.8. The molecule has 0 bridgehead atoms. The summed E-state index contributed by atoms with van der Waals surface area (Å²) in [6.45, 7) is 4.80. The molecule has 1 N–H and O–H groups in total. The second-order valence-electron chi connectivity index (χ2n) is 6.95. The van der Waals surface area contributed by atoms with E-state index in [1.54, 1.807) is 0 Å². The summed E-state index contributed by atoms with van der Waals surface area (Å²) in [6.07, 6.45) is 5.02. The van der Waals surface area contributed by atoms with Crippen molar-refractivity contribution in [3.8, 4) is 0 Å². The standard InChI is InChI=1S/C19H28N2O2/c1-2-23-19(22)21-13-17(10-15-8-9-15)11-18(14-21)20-12-16-6-4-3-5-7-16/h3-7,15,17-18,20H,2,8-14H2,1H3. The molecule has 1 aromatic carbocycles. The van der Waals surface area contributed by atoms with Gasteiger partial charge >= 0.3 is 6.09 Å². The average molecular weight is 316 g/mol. The number of carbonyl (C=O) groups excluding carboxylic acids is 1. The molecule has 2 fully saturated rings.